The van der Waals surface area contributed by atoms with E-state index in [0.29, 0.717) is 35.2 Å². The Kier molecular flexibility index (Phi) is 9.16. The number of amides is 1. The normalized spacial score (nSPS) is 11.3. The third-order valence-corrected chi connectivity index (χ3v) is 4.42. The van der Waals surface area contributed by atoms with Crippen molar-refractivity contribution in [1.29, 1.82) is 0 Å². The summed E-state index contributed by atoms with van der Waals surface area (Å²) in [5, 5.41) is 5.35. The predicted molar refractivity (Wildman–Crippen MR) is 112 cm³/mol. The third-order valence-electron chi connectivity index (χ3n) is 3.89. The van der Waals surface area contributed by atoms with E-state index in [9.17, 15) is 4.79 Å². The van der Waals surface area contributed by atoms with Gasteiger partial charge in [-0.05, 0) is 43.0 Å². The molecule has 0 aliphatic carbocycles. The topological polar surface area (TPSA) is 50.7 Å². The van der Waals surface area contributed by atoms with Crippen molar-refractivity contribution >= 4 is 34.8 Å². The van der Waals surface area contributed by atoms with Gasteiger partial charge in [0.2, 0.25) is 5.91 Å². The number of nitrogens with zero attached hydrogens (tertiary/aromatic N) is 1. The van der Waals surface area contributed by atoms with Gasteiger partial charge in [-0.25, -0.2) is 5.43 Å². The highest BCUT2D eigenvalue weighted by atomic mass is 35.5. The molecule has 0 saturated heterocycles. The summed E-state index contributed by atoms with van der Waals surface area (Å²) in [5.41, 5.74) is 4.59. The Hall–Kier alpha value is -2.04. The lowest BCUT2D eigenvalue weighted by atomic mass is 10.1. The van der Waals surface area contributed by atoms with Gasteiger partial charge in [0.05, 0.1) is 17.3 Å². The minimum Gasteiger partial charge on any atom is -0.492 e. The van der Waals surface area contributed by atoms with E-state index in [4.69, 9.17) is 27.9 Å². The van der Waals surface area contributed by atoms with Crippen molar-refractivity contribution in [3.8, 4) is 5.75 Å². The summed E-state index contributed by atoms with van der Waals surface area (Å²) < 4.78 is 5.58. The van der Waals surface area contributed by atoms with Crippen LogP contribution in [0.2, 0.25) is 10.0 Å². The Morgan fingerprint density at radius 3 is 2.56 bits per heavy atom. The molecule has 0 unspecified atom stereocenters. The van der Waals surface area contributed by atoms with Gasteiger partial charge in [-0.2, -0.15) is 5.10 Å². The monoisotopic (exact) mass is 406 g/mol. The second-order valence-electron chi connectivity index (χ2n) is 6.09. The van der Waals surface area contributed by atoms with E-state index in [1.54, 1.807) is 18.2 Å². The number of hydrazone groups is 1. The molecule has 2 aromatic carbocycles. The molecule has 0 fully saturated rings. The van der Waals surface area contributed by atoms with Crippen LogP contribution in [0.4, 0.5) is 0 Å². The van der Waals surface area contributed by atoms with Gasteiger partial charge < -0.3 is 4.74 Å². The minimum atomic E-state index is -0.134. The number of hydrogen-bond donors (Lipinski definition) is 1. The molecule has 0 bridgehead atoms. The molecule has 0 atom stereocenters. The van der Waals surface area contributed by atoms with Crippen LogP contribution in [0, 0.1) is 0 Å². The van der Waals surface area contributed by atoms with Crippen LogP contribution >= 0.6 is 23.2 Å². The van der Waals surface area contributed by atoms with Gasteiger partial charge in [0, 0.05) is 11.4 Å². The molecule has 144 valence electrons. The van der Waals surface area contributed by atoms with Gasteiger partial charge in [0.15, 0.2) is 0 Å². The molecule has 0 aliphatic rings. The molecule has 2 aromatic rings. The first-order chi connectivity index (χ1) is 13.1. The summed E-state index contributed by atoms with van der Waals surface area (Å²) in [6.45, 7) is 2.52. The van der Waals surface area contributed by atoms with Crippen molar-refractivity contribution < 1.29 is 9.53 Å². The van der Waals surface area contributed by atoms with Crippen LogP contribution in [0.5, 0.6) is 5.75 Å². The summed E-state index contributed by atoms with van der Waals surface area (Å²) >= 11 is 11.9. The fourth-order valence-electron chi connectivity index (χ4n) is 2.43. The molecular weight excluding hydrogens is 383 g/mol. The van der Waals surface area contributed by atoms with Crippen molar-refractivity contribution in [3.63, 3.8) is 0 Å². The molecule has 27 heavy (non-hydrogen) atoms. The molecule has 0 aliphatic heterocycles. The van der Waals surface area contributed by atoms with Crippen molar-refractivity contribution in [3.05, 3.63) is 64.1 Å². The molecule has 0 radical (unpaired) electrons. The molecule has 4 nitrogen and oxygen atoms in total. The molecule has 0 aromatic heterocycles. The maximum atomic E-state index is 12.1. The van der Waals surface area contributed by atoms with Crippen molar-refractivity contribution in [2.45, 2.75) is 39.0 Å². The van der Waals surface area contributed by atoms with E-state index in [-0.39, 0.29) is 5.91 Å². The fourth-order valence-corrected chi connectivity index (χ4v) is 2.90. The number of halogens is 2. The lowest BCUT2D eigenvalue weighted by Crippen LogP contribution is -2.20. The fraction of sp³-hybridized carbons (Fsp3) is 0.333. The highest BCUT2D eigenvalue weighted by molar-refractivity contribution is 6.35. The van der Waals surface area contributed by atoms with E-state index in [1.165, 1.54) is 0 Å². The highest BCUT2D eigenvalue weighted by Gasteiger charge is 2.06. The van der Waals surface area contributed by atoms with E-state index < -0.39 is 0 Å². The summed E-state index contributed by atoms with van der Waals surface area (Å²) in [6, 6.07) is 15.0. The number of rotatable bonds is 10. The van der Waals surface area contributed by atoms with Crippen LogP contribution in [-0.2, 0) is 4.79 Å². The molecule has 1 N–H and O–H groups in total. The Morgan fingerprint density at radius 2 is 1.85 bits per heavy atom. The quantitative estimate of drug-likeness (QED) is 0.305. The summed E-state index contributed by atoms with van der Waals surface area (Å²) in [6.07, 6.45) is 3.82. The van der Waals surface area contributed by atoms with Crippen molar-refractivity contribution in [2.24, 2.45) is 5.10 Å². The van der Waals surface area contributed by atoms with Crippen LogP contribution in [-0.4, -0.2) is 18.2 Å². The average Bonchev–Trinajstić information content (AvgIpc) is 2.67. The zero-order valence-corrected chi connectivity index (χ0v) is 16.9. The summed E-state index contributed by atoms with van der Waals surface area (Å²) in [5.74, 6) is 0.427. The standard InChI is InChI=1S/C21H24Cl2N2O2/c1-2-3-10-19(16-8-5-4-6-9-16)24-25-21(26)11-7-14-27-20-13-12-17(22)15-18(20)23/h4-6,8-9,12-13,15H,2-3,7,10-11,14H2,1H3,(H,25,26)/b24-19-. The molecular formula is C21H24Cl2N2O2. The highest BCUT2D eigenvalue weighted by Crippen LogP contribution is 2.27. The number of unbranched alkanes of at least 4 members (excludes halogenated alkanes) is 1. The predicted octanol–water partition coefficient (Wildman–Crippen LogP) is 5.86. The van der Waals surface area contributed by atoms with Crippen LogP contribution in [0.1, 0.15) is 44.6 Å². The average molecular weight is 407 g/mol. The van der Waals surface area contributed by atoms with E-state index in [2.05, 4.69) is 17.5 Å². The smallest absolute Gasteiger partial charge is 0.240 e. The number of ether oxygens (including phenoxy) is 1. The largest absolute Gasteiger partial charge is 0.492 e. The first-order valence-corrected chi connectivity index (χ1v) is 9.84. The molecule has 0 spiro atoms. The van der Waals surface area contributed by atoms with Gasteiger partial charge in [-0.1, -0.05) is 66.9 Å². The zero-order chi connectivity index (χ0) is 19.5. The number of nitrogens with one attached hydrogen (secondary N) is 1. The zero-order valence-electron chi connectivity index (χ0n) is 15.4. The van der Waals surface area contributed by atoms with Crippen LogP contribution in [0.25, 0.3) is 0 Å². The molecule has 0 heterocycles. The molecule has 0 saturated carbocycles. The van der Waals surface area contributed by atoms with E-state index >= 15 is 0 Å². The Morgan fingerprint density at radius 1 is 1.07 bits per heavy atom. The lowest BCUT2D eigenvalue weighted by Gasteiger charge is -2.09. The first kappa shape index (κ1) is 21.3. The van der Waals surface area contributed by atoms with E-state index in [0.717, 1.165) is 30.5 Å². The van der Waals surface area contributed by atoms with Gasteiger partial charge in [0.1, 0.15) is 5.75 Å². The van der Waals surface area contributed by atoms with Crippen molar-refractivity contribution in [1.82, 2.24) is 5.43 Å². The molecule has 2 rings (SSSR count). The summed E-state index contributed by atoms with van der Waals surface area (Å²) in [4.78, 5) is 12.1. The second kappa shape index (κ2) is 11.6. The van der Waals surface area contributed by atoms with Crippen LogP contribution < -0.4 is 10.2 Å². The van der Waals surface area contributed by atoms with Crippen molar-refractivity contribution in [2.75, 3.05) is 6.61 Å². The van der Waals surface area contributed by atoms with Gasteiger partial charge >= 0.3 is 0 Å². The number of carbonyl (C=O) groups excluding carboxylic acids is 1. The number of carbonyl (C=O) groups is 1. The maximum absolute atomic E-state index is 12.1. The number of benzene rings is 2. The van der Waals surface area contributed by atoms with Gasteiger partial charge in [0.25, 0.3) is 0 Å². The van der Waals surface area contributed by atoms with Crippen LogP contribution in [0.15, 0.2) is 53.6 Å². The Labute approximate surface area is 170 Å². The minimum absolute atomic E-state index is 0.134. The third kappa shape index (κ3) is 7.61. The molecule has 1 amide bonds. The number of hydrogen-bond acceptors (Lipinski definition) is 3. The lowest BCUT2D eigenvalue weighted by molar-refractivity contribution is -0.121. The summed E-state index contributed by atoms with van der Waals surface area (Å²) in [7, 11) is 0. The van der Waals surface area contributed by atoms with Crippen LogP contribution in [0.3, 0.4) is 0 Å². The second-order valence-corrected chi connectivity index (χ2v) is 6.93. The van der Waals surface area contributed by atoms with Gasteiger partial charge in [-0.15, -0.1) is 0 Å². The maximum Gasteiger partial charge on any atom is 0.240 e. The Bertz CT molecular complexity index is 764. The SMILES string of the molecule is CCCC/C(=N/NC(=O)CCCOc1ccc(Cl)cc1Cl)c1ccccc1. The first-order valence-electron chi connectivity index (χ1n) is 9.09. The van der Waals surface area contributed by atoms with E-state index in [1.807, 2.05) is 30.3 Å². The van der Waals surface area contributed by atoms with Gasteiger partial charge in [-0.3, -0.25) is 4.79 Å². The molecule has 6 heteroatoms. The Balaban J connectivity index is 1.80.